The van der Waals surface area contributed by atoms with Crippen LogP contribution in [0.25, 0.3) is 0 Å². The Hall–Kier alpha value is -5.47. The van der Waals surface area contributed by atoms with Crippen molar-refractivity contribution in [2.24, 2.45) is 5.16 Å². The molecule has 250 valence electrons. The lowest BCUT2D eigenvalue weighted by molar-refractivity contribution is -0.150. The molecule has 0 bridgehead atoms. The van der Waals surface area contributed by atoms with E-state index >= 15 is 0 Å². The monoisotopic (exact) mass is 697 g/mol. The molecule has 3 heterocycles. The smallest absolute Gasteiger partial charge is 0.352 e. The Kier molecular flexibility index (Phi) is 9.78. The third kappa shape index (κ3) is 6.52. The van der Waals surface area contributed by atoms with Crippen molar-refractivity contribution >= 4 is 57.7 Å². The van der Waals surface area contributed by atoms with Gasteiger partial charge in [-0.15, -0.1) is 23.1 Å². The van der Waals surface area contributed by atoms with Crippen molar-refractivity contribution < 1.29 is 33.9 Å². The van der Waals surface area contributed by atoms with Gasteiger partial charge in [-0.05, 0) is 16.7 Å². The maximum atomic E-state index is 13.6. The van der Waals surface area contributed by atoms with E-state index in [1.54, 1.807) is 5.38 Å². The molecule has 2 atom stereocenters. The van der Waals surface area contributed by atoms with Gasteiger partial charge in [0.15, 0.2) is 10.8 Å². The van der Waals surface area contributed by atoms with Crippen LogP contribution >= 0.6 is 23.1 Å². The quantitative estimate of drug-likeness (QED) is 0.0644. The number of thioether (sulfide) groups is 1. The lowest BCUT2D eigenvalue weighted by Crippen LogP contribution is -2.71. The van der Waals surface area contributed by atoms with Gasteiger partial charge in [-0.2, -0.15) is 0 Å². The van der Waals surface area contributed by atoms with Crippen LogP contribution < -0.4 is 10.6 Å². The lowest BCUT2D eigenvalue weighted by Gasteiger charge is -2.49. The highest BCUT2D eigenvalue weighted by molar-refractivity contribution is 8.00. The molecule has 0 spiro atoms. The molecule has 1 saturated heterocycles. The van der Waals surface area contributed by atoms with E-state index in [-0.39, 0.29) is 29.5 Å². The minimum absolute atomic E-state index is 0.159. The van der Waals surface area contributed by atoms with E-state index in [0.29, 0.717) is 10.7 Å². The normalized spacial score (nSPS) is 17.5. The Morgan fingerprint density at radius 1 is 0.980 bits per heavy atom. The molecule has 0 aliphatic carbocycles. The first-order valence-corrected chi connectivity index (χ1v) is 17.0. The molecule has 14 heteroatoms. The number of esters is 1. The SMILES string of the molecule is CON=C(C(=O)NC1C(=O)N2C(C(=O)O)=C(COC(C)=O)CS[C@@H]12)c1csc(NC(c2ccccc2)(c2ccccc2)c2ccccc2)n1. The molecule has 0 saturated carbocycles. The first-order chi connectivity index (χ1) is 23.7. The molecular weight excluding hydrogens is 667 g/mol. The number of aromatic nitrogens is 1. The second-order valence-electron chi connectivity index (χ2n) is 11.0. The van der Waals surface area contributed by atoms with Crippen LogP contribution in [0.4, 0.5) is 5.13 Å². The summed E-state index contributed by atoms with van der Waals surface area (Å²) in [4.78, 5) is 61.1. The summed E-state index contributed by atoms with van der Waals surface area (Å²) in [5.41, 5.74) is 2.15. The van der Waals surface area contributed by atoms with E-state index in [2.05, 4.69) is 15.8 Å². The molecular formula is C35H31N5O7S2. The maximum Gasteiger partial charge on any atom is 0.352 e. The molecule has 6 rings (SSSR count). The molecule has 3 N–H and O–H groups in total. The summed E-state index contributed by atoms with van der Waals surface area (Å²) < 4.78 is 4.99. The zero-order valence-corrected chi connectivity index (χ0v) is 28.0. The Morgan fingerprint density at radius 2 is 1.55 bits per heavy atom. The van der Waals surface area contributed by atoms with Gasteiger partial charge in [0.2, 0.25) is 0 Å². The van der Waals surface area contributed by atoms with Crippen molar-refractivity contribution in [3.63, 3.8) is 0 Å². The van der Waals surface area contributed by atoms with E-state index in [1.807, 2.05) is 91.0 Å². The highest BCUT2D eigenvalue weighted by atomic mass is 32.2. The van der Waals surface area contributed by atoms with Crippen molar-refractivity contribution in [1.29, 1.82) is 0 Å². The average Bonchev–Trinajstić information content (AvgIpc) is 3.59. The lowest BCUT2D eigenvalue weighted by atomic mass is 9.77. The second kappa shape index (κ2) is 14.3. The first kappa shape index (κ1) is 33.4. The average molecular weight is 698 g/mol. The summed E-state index contributed by atoms with van der Waals surface area (Å²) in [6.45, 7) is 0.968. The van der Waals surface area contributed by atoms with Crippen molar-refractivity contribution in [2.45, 2.75) is 23.9 Å². The molecule has 0 radical (unpaired) electrons. The van der Waals surface area contributed by atoms with Crippen LogP contribution in [-0.2, 0) is 34.3 Å². The summed E-state index contributed by atoms with van der Waals surface area (Å²) >= 11 is 2.53. The highest BCUT2D eigenvalue weighted by Gasteiger charge is 2.54. The number of fused-ring (bicyclic) bond motifs is 1. The van der Waals surface area contributed by atoms with Gasteiger partial charge in [0.1, 0.15) is 42.1 Å². The summed E-state index contributed by atoms with van der Waals surface area (Å²) in [7, 11) is 1.30. The van der Waals surface area contributed by atoms with Gasteiger partial charge in [-0.1, -0.05) is 96.2 Å². The van der Waals surface area contributed by atoms with Gasteiger partial charge >= 0.3 is 11.9 Å². The number of carboxylic acid groups (broad SMARTS) is 1. The number of carbonyl (C=O) groups excluding carboxylic acids is 3. The number of nitrogens with one attached hydrogen (secondary N) is 2. The number of oxime groups is 1. The van der Waals surface area contributed by atoms with E-state index in [9.17, 15) is 24.3 Å². The molecule has 2 amide bonds. The van der Waals surface area contributed by atoms with Crippen LogP contribution in [0.2, 0.25) is 0 Å². The predicted molar refractivity (Wildman–Crippen MR) is 185 cm³/mol. The summed E-state index contributed by atoms with van der Waals surface area (Å²) in [6.07, 6.45) is 0. The van der Waals surface area contributed by atoms with Gasteiger partial charge < -0.3 is 25.3 Å². The van der Waals surface area contributed by atoms with E-state index in [0.717, 1.165) is 21.6 Å². The highest BCUT2D eigenvalue weighted by Crippen LogP contribution is 2.42. The Morgan fingerprint density at radius 3 is 2.06 bits per heavy atom. The van der Waals surface area contributed by atoms with Crippen molar-refractivity contribution in [1.82, 2.24) is 15.2 Å². The second-order valence-corrected chi connectivity index (χ2v) is 13.0. The topological polar surface area (TPSA) is 160 Å². The number of hydrogen-bond acceptors (Lipinski definition) is 11. The van der Waals surface area contributed by atoms with E-state index in [4.69, 9.17) is 14.6 Å². The third-order valence-electron chi connectivity index (χ3n) is 8.05. The van der Waals surface area contributed by atoms with Gasteiger partial charge in [0.25, 0.3) is 11.8 Å². The van der Waals surface area contributed by atoms with Crippen LogP contribution in [0, 0.1) is 0 Å². The minimum Gasteiger partial charge on any atom is -0.477 e. The van der Waals surface area contributed by atoms with Crippen LogP contribution in [0.5, 0.6) is 0 Å². The first-order valence-electron chi connectivity index (χ1n) is 15.1. The van der Waals surface area contributed by atoms with Crippen molar-refractivity contribution in [2.75, 3.05) is 24.8 Å². The van der Waals surface area contributed by atoms with Crippen LogP contribution in [0.15, 0.2) is 113 Å². The molecule has 1 fully saturated rings. The Bertz CT molecular complexity index is 1840. The summed E-state index contributed by atoms with van der Waals surface area (Å²) in [5, 5.41) is 21.6. The number of rotatable bonds is 12. The Labute approximate surface area is 289 Å². The number of amides is 2. The number of ether oxygens (including phenoxy) is 1. The molecule has 2 aliphatic rings. The molecule has 1 aromatic heterocycles. The number of hydrogen-bond donors (Lipinski definition) is 3. The van der Waals surface area contributed by atoms with Crippen molar-refractivity contribution in [3.05, 3.63) is 130 Å². The number of benzene rings is 3. The largest absolute Gasteiger partial charge is 0.477 e. The standard InChI is InChI=1S/C35H31N5O7S2/c1-21(41)47-18-22-19-48-32-28(31(43)40(32)29(22)33(44)45)37-30(42)27(39-46-2)26-20-49-34(36-26)38-35(23-12-6-3-7-13-23,24-14-8-4-9-15-24)25-16-10-5-11-17-25/h3-17,20,28,32H,18-19H2,1-2H3,(H,36,38)(H,37,42)(H,44,45)/t28?,32-/m0/s1. The number of carboxylic acids is 1. The number of nitrogens with zero attached hydrogens (tertiary/aromatic N) is 3. The molecule has 4 aromatic rings. The zero-order valence-electron chi connectivity index (χ0n) is 26.4. The van der Waals surface area contributed by atoms with Gasteiger partial charge in [-0.3, -0.25) is 19.3 Å². The summed E-state index contributed by atoms with van der Waals surface area (Å²) in [5.74, 6) is -3.03. The molecule has 2 aliphatic heterocycles. The fraction of sp³-hybridized carbons (Fsp3) is 0.200. The number of anilines is 1. The molecule has 1 unspecified atom stereocenters. The van der Waals surface area contributed by atoms with Crippen LogP contribution in [0.3, 0.4) is 0 Å². The van der Waals surface area contributed by atoms with Crippen molar-refractivity contribution in [3.8, 4) is 0 Å². The fourth-order valence-electron chi connectivity index (χ4n) is 5.87. The van der Waals surface area contributed by atoms with Gasteiger partial charge in [0.05, 0.1) is 0 Å². The van der Waals surface area contributed by atoms with Crippen LogP contribution in [-0.4, -0.2) is 75.3 Å². The predicted octanol–water partition coefficient (Wildman–Crippen LogP) is 4.20. The minimum atomic E-state index is -1.33. The van der Waals surface area contributed by atoms with E-state index < -0.39 is 40.7 Å². The fourth-order valence-corrected chi connectivity index (χ4v) is 7.95. The number of carbonyl (C=O) groups is 4. The van der Waals surface area contributed by atoms with Gasteiger partial charge in [-0.25, -0.2) is 9.78 Å². The summed E-state index contributed by atoms with van der Waals surface area (Å²) in [6, 6.07) is 28.9. The number of β-lactam (4-membered cyclic amide) rings is 1. The maximum absolute atomic E-state index is 13.6. The number of aliphatic carboxylic acids is 1. The number of thiazole rings is 1. The van der Waals surface area contributed by atoms with Gasteiger partial charge in [0, 0.05) is 23.6 Å². The van der Waals surface area contributed by atoms with Crippen LogP contribution in [0.1, 0.15) is 29.3 Å². The zero-order chi connectivity index (χ0) is 34.5. The molecule has 12 nitrogen and oxygen atoms in total. The Balaban J connectivity index is 1.27. The third-order valence-corrected chi connectivity index (χ3v) is 10.1. The van der Waals surface area contributed by atoms with E-state index in [1.165, 1.54) is 37.1 Å². The molecule has 3 aromatic carbocycles. The molecule has 49 heavy (non-hydrogen) atoms.